The monoisotopic (exact) mass is 392 g/mol. The number of aliphatic hydroxyl groups is 1. The number of hydrogen-bond acceptors (Lipinski definition) is 5. The van der Waals surface area contributed by atoms with Crippen LogP contribution in [-0.2, 0) is 0 Å². The second-order valence-electron chi connectivity index (χ2n) is 10.0. The molecule has 6 rings (SSSR count). The molecule has 3 aromatic heterocycles. The Morgan fingerprint density at radius 2 is 2.00 bits per heavy atom. The molecule has 2 bridgehead atoms. The van der Waals surface area contributed by atoms with Crippen molar-refractivity contribution in [3.63, 3.8) is 0 Å². The van der Waals surface area contributed by atoms with Crippen LogP contribution in [0.25, 0.3) is 17.0 Å². The first-order valence-corrected chi connectivity index (χ1v) is 10.8. The number of H-pyrrole nitrogens is 1. The Labute approximate surface area is 169 Å². The Hall–Kier alpha value is -2.41. The molecule has 0 aromatic carbocycles. The van der Waals surface area contributed by atoms with Gasteiger partial charge in [0.05, 0.1) is 11.8 Å². The molecule has 152 valence electrons. The summed E-state index contributed by atoms with van der Waals surface area (Å²) in [5.74, 6) is 1.50. The van der Waals surface area contributed by atoms with Gasteiger partial charge in [0.1, 0.15) is 17.2 Å². The van der Waals surface area contributed by atoms with E-state index in [-0.39, 0.29) is 11.0 Å². The SMILES string of the molecule is CC(C)(O)C12CCC(Nc3ccc4ncc(-c5cc(C6CC6)[nH]n5)n4n3)(CC1)C2. The first kappa shape index (κ1) is 17.4. The van der Waals surface area contributed by atoms with Crippen molar-refractivity contribution >= 4 is 11.5 Å². The normalized spacial score (nSPS) is 29.1. The van der Waals surface area contributed by atoms with Crippen LogP contribution in [0, 0.1) is 5.41 Å². The highest BCUT2D eigenvalue weighted by molar-refractivity contribution is 5.61. The van der Waals surface area contributed by atoms with Crippen LogP contribution in [0.2, 0.25) is 0 Å². The molecule has 3 aromatic rings. The van der Waals surface area contributed by atoms with Crippen molar-refractivity contribution < 1.29 is 5.11 Å². The summed E-state index contributed by atoms with van der Waals surface area (Å²) in [6.07, 6.45) is 9.64. The first-order valence-electron chi connectivity index (χ1n) is 10.8. The van der Waals surface area contributed by atoms with Gasteiger partial charge < -0.3 is 10.4 Å². The molecule has 0 spiro atoms. The lowest BCUT2D eigenvalue weighted by Crippen LogP contribution is -2.40. The minimum atomic E-state index is -0.638. The number of anilines is 1. The van der Waals surface area contributed by atoms with E-state index in [1.165, 1.54) is 18.5 Å². The fraction of sp³-hybridized carbons (Fsp3) is 0.591. The van der Waals surface area contributed by atoms with Crippen molar-refractivity contribution in [1.29, 1.82) is 0 Å². The Balaban J connectivity index is 1.31. The lowest BCUT2D eigenvalue weighted by molar-refractivity contribution is -0.0501. The predicted octanol–water partition coefficient (Wildman–Crippen LogP) is 3.88. The second kappa shape index (κ2) is 5.59. The zero-order chi connectivity index (χ0) is 19.9. The van der Waals surface area contributed by atoms with E-state index in [0.29, 0.717) is 5.92 Å². The summed E-state index contributed by atoms with van der Waals surface area (Å²) in [6, 6.07) is 6.16. The van der Waals surface area contributed by atoms with E-state index in [2.05, 4.69) is 26.6 Å². The van der Waals surface area contributed by atoms with E-state index < -0.39 is 5.60 Å². The third-order valence-electron chi connectivity index (χ3n) is 7.77. The molecule has 7 nitrogen and oxygen atoms in total. The number of imidazole rings is 1. The Bertz CT molecular complexity index is 1080. The fourth-order valence-corrected chi connectivity index (χ4v) is 5.66. The Morgan fingerprint density at radius 1 is 1.21 bits per heavy atom. The zero-order valence-electron chi connectivity index (χ0n) is 17.1. The smallest absolute Gasteiger partial charge is 0.154 e. The van der Waals surface area contributed by atoms with Gasteiger partial charge >= 0.3 is 0 Å². The largest absolute Gasteiger partial charge is 0.390 e. The quantitative estimate of drug-likeness (QED) is 0.613. The van der Waals surface area contributed by atoms with Gasteiger partial charge in [0.15, 0.2) is 5.65 Å². The lowest BCUT2D eigenvalue weighted by atomic mass is 9.71. The summed E-state index contributed by atoms with van der Waals surface area (Å²) in [5.41, 5.74) is 3.26. The fourth-order valence-electron chi connectivity index (χ4n) is 5.66. The average Bonchev–Trinajstić information content (AvgIpc) is 3.06. The van der Waals surface area contributed by atoms with Gasteiger partial charge in [-0.3, -0.25) is 5.10 Å². The first-order chi connectivity index (χ1) is 13.9. The molecular formula is C22H28N6O. The van der Waals surface area contributed by atoms with Crippen LogP contribution in [0.3, 0.4) is 0 Å². The Kier molecular flexibility index (Phi) is 3.37. The van der Waals surface area contributed by atoms with Gasteiger partial charge in [-0.15, -0.1) is 5.10 Å². The van der Waals surface area contributed by atoms with Crippen molar-refractivity contribution in [1.82, 2.24) is 24.8 Å². The molecule has 0 saturated heterocycles. The van der Waals surface area contributed by atoms with Crippen LogP contribution < -0.4 is 5.32 Å². The number of fused-ring (bicyclic) bond motifs is 3. The standard InChI is InChI=1S/C22H28N6O/c1-20(2,29)21-7-9-22(13-21,10-8-21)24-18-5-6-19-23-12-17(28(19)27-18)16-11-15(25-26-16)14-3-4-14/h5-6,11-12,14,29H,3-4,7-10,13H2,1-2H3,(H,24,27)(H,25,26). The highest BCUT2D eigenvalue weighted by atomic mass is 16.3. The third-order valence-corrected chi connectivity index (χ3v) is 7.77. The molecule has 3 saturated carbocycles. The number of aromatic amines is 1. The topological polar surface area (TPSA) is 91.1 Å². The van der Waals surface area contributed by atoms with Gasteiger partial charge in [-0.05, 0) is 77.0 Å². The van der Waals surface area contributed by atoms with Crippen LogP contribution >= 0.6 is 0 Å². The van der Waals surface area contributed by atoms with Crippen LogP contribution in [-0.4, -0.2) is 41.0 Å². The minimum Gasteiger partial charge on any atom is -0.390 e. The highest BCUT2D eigenvalue weighted by Crippen LogP contribution is 2.62. The maximum absolute atomic E-state index is 10.7. The summed E-state index contributed by atoms with van der Waals surface area (Å²) in [5, 5.41) is 27.0. The van der Waals surface area contributed by atoms with E-state index in [1.54, 1.807) is 0 Å². The molecule has 3 aliphatic rings. The van der Waals surface area contributed by atoms with Crippen LogP contribution in [0.15, 0.2) is 24.4 Å². The summed E-state index contributed by atoms with van der Waals surface area (Å²) in [6.45, 7) is 3.94. The number of rotatable bonds is 5. The average molecular weight is 393 g/mol. The molecule has 0 amide bonds. The van der Waals surface area contributed by atoms with Crippen molar-refractivity contribution in [2.75, 3.05) is 5.32 Å². The molecule has 3 heterocycles. The second-order valence-corrected chi connectivity index (χ2v) is 10.0. The maximum atomic E-state index is 10.7. The van der Waals surface area contributed by atoms with E-state index in [1.807, 2.05) is 36.7 Å². The van der Waals surface area contributed by atoms with Gasteiger partial charge in [-0.25, -0.2) is 9.50 Å². The summed E-state index contributed by atoms with van der Waals surface area (Å²) in [7, 11) is 0. The van der Waals surface area contributed by atoms with E-state index >= 15 is 0 Å². The molecule has 3 fully saturated rings. The Morgan fingerprint density at radius 3 is 2.69 bits per heavy atom. The number of nitrogens with zero attached hydrogens (tertiary/aromatic N) is 4. The highest BCUT2D eigenvalue weighted by Gasteiger charge is 2.60. The van der Waals surface area contributed by atoms with Gasteiger partial charge in [-0.1, -0.05) is 0 Å². The van der Waals surface area contributed by atoms with E-state index in [4.69, 9.17) is 5.10 Å². The lowest BCUT2D eigenvalue weighted by Gasteiger charge is -2.38. The van der Waals surface area contributed by atoms with Crippen molar-refractivity contribution in [2.24, 2.45) is 5.41 Å². The van der Waals surface area contributed by atoms with Gasteiger partial charge in [0.2, 0.25) is 0 Å². The summed E-state index contributed by atoms with van der Waals surface area (Å²) < 4.78 is 1.89. The maximum Gasteiger partial charge on any atom is 0.154 e. The molecule has 0 aliphatic heterocycles. The molecule has 7 heteroatoms. The van der Waals surface area contributed by atoms with E-state index in [0.717, 1.165) is 55.0 Å². The molecule has 0 atom stereocenters. The summed E-state index contributed by atoms with van der Waals surface area (Å²) >= 11 is 0. The molecule has 29 heavy (non-hydrogen) atoms. The van der Waals surface area contributed by atoms with Crippen LogP contribution in [0.4, 0.5) is 5.82 Å². The van der Waals surface area contributed by atoms with Crippen molar-refractivity contribution in [3.8, 4) is 11.4 Å². The van der Waals surface area contributed by atoms with Crippen molar-refractivity contribution in [3.05, 3.63) is 30.1 Å². The molecule has 3 N–H and O–H groups in total. The number of hydrogen-bond donors (Lipinski definition) is 3. The molecule has 0 unspecified atom stereocenters. The minimum absolute atomic E-state index is 0.0263. The van der Waals surface area contributed by atoms with E-state index in [9.17, 15) is 5.11 Å². The molecular weight excluding hydrogens is 364 g/mol. The number of nitrogens with one attached hydrogen (secondary N) is 2. The van der Waals surface area contributed by atoms with Crippen LogP contribution in [0.5, 0.6) is 0 Å². The van der Waals surface area contributed by atoms with Crippen molar-refractivity contribution in [2.45, 2.75) is 75.9 Å². The molecule has 3 aliphatic carbocycles. The van der Waals surface area contributed by atoms with Gasteiger partial charge in [0.25, 0.3) is 0 Å². The number of aromatic nitrogens is 5. The molecule has 0 radical (unpaired) electrons. The van der Waals surface area contributed by atoms with Gasteiger partial charge in [-0.2, -0.15) is 5.10 Å². The van der Waals surface area contributed by atoms with Gasteiger partial charge in [0, 0.05) is 22.6 Å². The third kappa shape index (κ3) is 2.63. The van der Waals surface area contributed by atoms with Crippen LogP contribution in [0.1, 0.15) is 70.4 Å². The zero-order valence-corrected chi connectivity index (χ0v) is 17.1. The summed E-state index contributed by atoms with van der Waals surface area (Å²) in [4.78, 5) is 4.51. The predicted molar refractivity (Wildman–Crippen MR) is 111 cm³/mol.